The molecule has 3 rings (SSSR count). The minimum atomic E-state index is -3.47. The quantitative estimate of drug-likeness (QED) is 0.452. The Morgan fingerprint density at radius 1 is 1.10 bits per heavy atom. The van der Waals surface area contributed by atoms with Gasteiger partial charge in [0.25, 0.3) is 0 Å². The molecule has 0 bridgehead atoms. The highest BCUT2D eigenvalue weighted by Crippen LogP contribution is 2.28. The van der Waals surface area contributed by atoms with Crippen molar-refractivity contribution in [1.29, 1.82) is 0 Å². The number of ether oxygens (including phenoxy) is 2. The first-order valence-corrected chi connectivity index (χ1v) is 12.6. The van der Waals surface area contributed by atoms with Gasteiger partial charge in [-0.2, -0.15) is 0 Å². The van der Waals surface area contributed by atoms with Gasteiger partial charge in [-0.3, -0.25) is 9.69 Å². The number of piperidine rings is 1. The Morgan fingerprint density at radius 3 is 2.37 bits per heavy atom. The lowest BCUT2D eigenvalue weighted by molar-refractivity contribution is -0.147. The van der Waals surface area contributed by atoms with Gasteiger partial charge < -0.3 is 14.0 Å². The second-order valence-electron chi connectivity index (χ2n) is 8.41. The van der Waals surface area contributed by atoms with Crippen molar-refractivity contribution in [2.75, 3.05) is 33.9 Å². The van der Waals surface area contributed by atoms with E-state index >= 15 is 0 Å². The maximum atomic E-state index is 13.4. The number of sulfone groups is 1. The highest BCUT2D eigenvalue weighted by atomic mass is 32.2. The fourth-order valence-electron chi connectivity index (χ4n) is 4.59. The Morgan fingerprint density at radius 2 is 1.77 bits per heavy atom. The van der Waals surface area contributed by atoms with Crippen molar-refractivity contribution in [3.8, 4) is 0 Å². The first kappa shape index (κ1) is 23.2. The summed E-state index contributed by atoms with van der Waals surface area (Å²) < 4.78 is 38.7. The number of nitrogens with zero attached hydrogens (tertiary/aromatic N) is 3. The molecule has 0 radical (unpaired) electrons. The summed E-state index contributed by atoms with van der Waals surface area (Å²) in [6, 6.07) is 0. The van der Waals surface area contributed by atoms with Crippen LogP contribution in [0.15, 0.2) is 11.4 Å². The molecule has 0 N–H and O–H groups in total. The van der Waals surface area contributed by atoms with Crippen molar-refractivity contribution in [3.63, 3.8) is 0 Å². The lowest BCUT2D eigenvalue weighted by Crippen LogP contribution is -2.37. The van der Waals surface area contributed by atoms with Crippen LogP contribution in [0.3, 0.4) is 0 Å². The first-order chi connectivity index (χ1) is 14.5. The predicted molar refractivity (Wildman–Crippen MR) is 113 cm³/mol. The van der Waals surface area contributed by atoms with Gasteiger partial charge in [-0.25, -0.2) is 13.4 Å². The number of methoxy groups -OCH3 is 2. The molecular weight excluding hydrogens is 406 g/mol. The van der Waals surface area contributed by atoms with Crippen molar-refractivity contribution >= 4 is 15.8 Å². The molecule has 0 atom stereocenters. The Bertz CT molecular complexity index is 792. The number of hydrogen-bond donors (Lipinski definition) is 0. The number of carbonyl (C=O) groups is 1. The van der Waals surface area contributed by atoms with Crippen LogP contribution >= 0.6 is 0 Å². The second-order valence-corrected chi connectivity index (χ2v) is 10.5. The van der Waals surface area contributed by atoms with E-state index in [0.717, 1.165) is 70.2 Å². The molecule has 8 nitrogen and oxygen atoms in total. The molecule has 1 saturated carbocycles. The third-order valence-corrected chi connectivity index (χ3v) is 8.61. The summed E-state index contributed by atoms with van der Waals surface area (Å²) in [6.45, 7) is 3.07. The van der Waals surface area contributed by atoms with E-state index in [1.807, 2.05) is 4.57 Å². The number of aromatic nitrogens is 2. The normalized spacial score (nSPS) is 20.2. The van der Waals surface area contributed by atoms with Crippen LogP contribution in [0.2, 0.25) is 0 Å². The minimum Gasteiger partial charge on any atom is -0.469 e. The van der Waals surface area contributed by atoms with E-state index in [9.17, 15) is 13.2 Å². The largest absolute Gasteiger partial charge is 0.469 e. The smallest absolute Gasteiger partial charge is 0.308 e. The highest BCUT2D eigenvalue weighted by molar-refractivity contribution is 7.91. The van der Waals surface area contributed by atoms with E-state index in [0.29, 0.717) is 19.7 Å². The molecule has 2 aliphatic rings. The molecule has 1 aromatic heterocycles. The zero-order valence-corrected chi connectivity index (χ0v) is 19.0. The molecule has 170 valence electrons. The zero-order chi connectivity index (χ0) is 21.6. The van der Waals surface area contributed by atoms with Gasteiger partial charge in [0.05, 0.1) is 36.8 Å². The molecule has 0 aromatic carbocycles. The highest BCUT2D eigenvalue weighted by Gasteiger charge is 2.33. The SMILES string of the molecule is COCCn1c(CN2CCC(C(=O)OC)CC2)cnc1S(=O)(=O)C1CCCCCC1. The number of rotatable bonds is 8. The van der Waals surface area contributed by atoms with Gasteiger partial charge in [-0.1, -0.05) is 25.7 Å². The van der Waals surface area contributed by atoms with Gasteiger partial charge in [-0.15, -0.1) is 0 Å². The van der Waals surface area contributed by atoms with Gasteiger partial charge in [0.15, 0.2) is 0 Å². The van der Waals surface area contributed by atoms with Crippen LogP contribution in [-0.4, -0.2) is 68.0 Å². The standard InChI is InChI=1S/C21H35N3O5S/c1-28-14-13-24-18(16-23-11-9-17(10-12-23)20(25)29-2)15-22-21(24)30(26,27)19-7-5-3-4-6-8-19/h15,17,19H,3-14,16H2,1-2H3. The van der Waals surface area contributed by atoms with E-state index in [4.69, 9.17) is 9.47 Å². The monoisotopic (exact) mass is 441 g/mol. The van der Waals surface area contributed by atoms with Crippen LogP contribution in [0, 0.1) is 5.92 Å². The van der Waals surface area contributed by atoms with Crippen molar-refractivity contribution in [2.24, 2.45) is 5.92 Å². The minimum absolute atomic E-state index is 0.0455. The summed E-state index contributed by atoms with van der Waals surface area (Å²) in [6.07, 6.45) is 8.79. The van der Waals surface area contributed by atoms with Crippen LogP contribution in [0.4, 0.5) is 0 Å². The van der Waals surface area contributed by atoms with Gasteiger partial charge >= 0.3 is 5.97 Å². The summed E-state index contributed by atoms with van der Waals surface area (Å²) in [5.74, 6) is -0.188. The van der Waals surface area contributed by atoms with E-state index in [1.54, 1.807) is 13.3 Å². The maximum Gasteiger partial charge on any atom is 0.308 e. The molecule has 9 heteroatoms. The fourth-order valence-corrected chi connectivity index (χ4v) is 6.56. The summed E-state index contributed by atoms with van der Waals surface area (Å²) in [5.41, 5.74) is 0.885. The van der Waals surface area contributed by atoms with E-state index in [1.165, 1.54) is 7.11 Å². The number of imidazole rings is 1. The topological polar surface area (TPSA) is 90.7 Å². The molecule has 0 amide bonds. The van der Waals surface area contributed by atoms with Crippen LogP contribution in [0.25, 0.3) is 0 Å². The average Bonchev–Trinajstić information content (AvgIpc) is 2.96. The third-order valence-electron chi connectivity index (χ3n) is 6.42. The Balaban J connectivity index is 1.76. The van der Waals surface area contributed by atoms with Crippen molar-refractivity contribution in [2.45, 2.75) is 74.9 Å². The zero-order valence-electron chi connectivity index (χ0n) is 18.2. The first-order valence-electron chi connectivity index (χ1n) is 11.0. The number of esters is 1. The van der Waals surface area contributed by atoms with Gasteiger partial charge in [-0.05, 0) is 38.8 Å². The van der Waals surface area contributed by atoms with E-state index in [2.05, 4.69) is 9.88 Å². The summed E-state index contributed by atoms with van der Waals surface area (Å²) in [5, 5.41) is -0.154. The molecule has 1 aliphatic carbocycles. The molecule has 2 fully saturated rings. The molecule has 1 saturated heterocycles. The number of likely N-dealkylation sites (tertiary alicyclic amines) is 1. The summed E-state index contributed by atoms with van der Waals surface area (Å²) >= 11 is 0. The van der Waals surface area contributed by atoms with Gasteiger partial charge in [0, 0.05) is 20.2 Å². The van der Waals surface area contributed by atoms with Crippen molar-refractivity contribution in [1.82, 2.24) is 14.5 Å². The Kier molecular flexibility index (Phi) is 8.30. The Labute approximate surface area is 179 Å². The molecule has 1 aliphatic heterocycles. The van der Waals surface area contributed by atoms with Crippen molar-refractivity contribution in [3.05, 3.63) is 11.9 Å². The van der Waals surface area contributed by atoms with Crippen LogP contribution in [-0.2, 0) is 37.2 Å². The van der Waals surface area contributed by atoms with E-state index in [-0.39, 0.29) is 22.3 Å². The Hall–Kier alpha value is -1.45. The number of hydrogen-bond acceptors (Lipinski definition) is 7. The third kappa shape index (κ3) is 5.42. The average molecular weight is 442 g/mol. The molecule has 30 heavy (non-hydrogen) atoms. The fraction of sp³-hybridized carbons (Fsp3) is 0.810. The number of carbonyl (C=O) groups excluding carboxylic acids is 1. The van der Waals surface area contributed by atoms with Gasteiger partial charge in [0.1, 0.15) is 0 Å². The summed E-state index contributed by atoms with van der Waals surface area (Å²) in [4.78, 5) is 18.4. The maximum absolute atomic E-state index is 13.4. The lowest BCUT2D eigenvalue weighted by Gasteiger charge is -2.30. The van der Waals surface area contributed by atoms with E-state index < -0.39 is 9.84 Å². The van der Waals surface area contributed by atoms with Crippen LogP contribution in [0.5, 0.6) is 0 Å². The molecule has 2 heterocycles. The predicted octanol–water partition coefficient (Wildman–Crippen LogP) is 2.41. The van der Waals surface area contributed by atoms with Gasteiger partial charge in [0.2, 0.25) is 15.0 Å². The molecule has 1 aromatic rings. The van der Waals surface area contributed by atoms with Crippen LogP contribution in [0.1, 0.15) is 57.1 Å². The molecular formula is C21H35N3O5S. The molecule has 0 spiro atoms. The lowest BCUT2D eigenvalue weighted by atomic mass is 9.97. The van der Waals surface area contributed by atoms with Crippen molar-refractivity contribution < 1.29 is 22.7 Å². The summed E-state index contributed by atoms with van der Waals surface area (Å²) in [7, 11) is -0.425. The second kappa shape index (κ2) is 10.7. The molecule has 0 unspecified atom stereocenters. The van der Waals surface area contributed by atoms with Crippen LogP contribution < -0.4 is 0 Å².